The number of hydrogen-bond donors (Lipinski definition) is 2. The molecule has 78 valence electrons. The molecule has 0 spiro atoms. The maximum Gasteiger partial charge on any atom is 0.0378 e. The summed E-state index contributed by atoms with van der Waals surface area (Å²) in [5.74, 6) is 0. The quantitative estimate of drug-likeness (QED) is 0.748. The van der Waals surface area contributed by atoms with Crippen molar-refractivity contribution in [2.45, 2.75) is 38.6 Å². The number of hydrogen-bond acceptors (Lipinski definition) is 3. The summed E-state index contributed by atoms with van der Waals surface area (Å²) in [7, 11) is 0. The molecule has 1 aromatic rings. The topological polar surface area (TPSA) is 64.9 Å². The molecular weight excluding hydrogens is 174 g/mol. The van der Waals surface area contributed by atoms with E-state index < -0.39 is 0 Å². The molecule has 0 saturated heterocycles. The van der Waals surface area contributed by atoms with Gasteiger partial charge in [0.2, 0.25) is 0 Å². The highest BCUT2D eigenvalue weighted by Crippen LogP contribution is 2.12. The van der Waals surface area contributed by atoms with Gasteiger partial charge in [0.1, 0.15) is 0 Å². The number of rotatable bonds is 5. The summed E-state index contributed by atoms with van der Waals surface area (Å²) in [4.78, 5) is 4.04. The normalized spacial score (nSPS) is 12.7. The van der Waals surface area contributed by atoms with Crippen LogP contribution in [0.25, 0.3) is 0 Å². The van der Waals surface area contributed by atoms with E-state index in [-0.39, 0.29) is 6.04 Å². The molecule has 1 aromatic heterocycles. The highest BCUT2D eigenvalue weighted by molar-refractivity contribution is 5.44. The lowest BCUT2D eigenvalue weighted by molar-refractivity contribution is 0.574. The smallest absolute Gasteiger partial charge is 0.0378 e. The molecule has 1 heterocycles. The minimum atomic E-state index is 0.210. The largest absolute Gasteiger partial charge is 0.398 e. The number of aromatic nitrogens is 1. The Kier molecular flexibility index (Phi) is 4.40. The van der Waals surface area contributed by atoms with Crippen LogP contribution in [0.1, 0.15) is 31.7 Å². The first-order valence-electron chi connectivity index (χ1n) is 5.18. The molecular formula is C11H19N3. The minimum Gasteiger partial charge on any atom is -0.398 e. The first-order valence-corrected chi connectivity index (χ1v) is 5.18. The second kappa shape index (κ2) is 5.60. The Morgan fingerprint density at radius 2 is 2.29 bits per heavy atom. The molecule has 0 radical (unpaired) electrons. The second-order valence-corrected chi connectivity index (χ2v) is 3.68. The van der Waals surface area contributed by atoms with Crippen LogP contribution < -0.4 is 11.5 Å². The van der Waals surface area contributed by atoms with E-state index in [2.05, 4.69) is 11.9 Å². The Bertz CT molecular complexity index is 273. The van der Waals surface area contributed by atoms with Crippen LogP contribution >= 0.6 is 0 Å². The molecule has 14 heavy (non-hydrogen) atoms. The fourth-order valence-electron chi connectivity index (χ4n) is 1.46. The van der Waals surface area contributed by atoms with Crippen molar-refractivity contribution in [1.82, 2.24) is 4.98 Å². The van der Waals surface area contributed by atoms with Crippen molar-refractivity contribution in [1.29, 1.82) is 0 Å². The van der Waals surface area contributed by atoms with Gasteiger partial charge in [0.25, 0.3) is 0 Å². The second-order valence-electron chi connectivity index (χ2n) is 3.68. The molecule has 0 aliphatic carbocycles. The summed E-state index contributed by atoms with van der Waals surface area (Å²) in [6.45, 7) is 2.17. The molecule has 4 N–H and O–H groups in total. The highest BCUT2D eigenvalue weighted by Gasteiger charge is 2.05. The lowest BCUT2D eigenvalue weighted by Crippen LogP contribution is -2.23. The standard InChI is InChI=1S/C11H19N3/c1-2-3-4-10(12)7-9-8-14-6-5-11(9)13/h5-6,8,10H,2-4,7,12H2,1H3,(H2,13,14). The molecule has 1 atom stereocenters. The van der Waals surface area contributed by atoms with Crippen molar-refractivity contribution in [2.75, 3.05) is 5.73 Å². The van der Waals surface area contributed by atoms with Crippen molar-refractivity contribution in [2.24, 2.45) is 5.73 Å². The van der Waals surface area contributed by atoms with Gasteiger partial charge in [-0.2, -0.15) is 0 Å². The molecule has 1 unspecified atom stereocenters. The van der Waals surface area contributed by atoms with Crippen LogP contribution in [0.15, 0.2) is 18.5 Å². The van der Waals surface area contributed by atoms with Gasteiger partial charge < -0.3 is 11.5 Å². The van der Waals surface area contributed by atoms with Crippen LogP contribution in [0.5, 0.6) is 0 Å². The molecule has 1 rings (SSSR count). The van der Waals surface area contributed by atoms with Crippen molar-refractivity contribution in [3.8, 4) is 0 Å². The number of nitrogens with two attached hydrogens (primary N) is 2. The van der Waals surface area contributed by atoms with E-state index in [1.54, 1.807) is 12.4 Å². The number of anilines is 1. The molecule has 0 aliphatic rings. The number of nitrogen functional groups attached to an aromatic ring is 1. The van der Waals surface area contributed by atoms with Crippen LogP contribution in [0.3, 0.4) is 0 Å². The van der Waals surface area contributed by atoms with Gasteiger partial charge in [-0.3, -0.25) is 4.98 Å². The van der Waals surface area contributed by atoms with Crippen molar-refractivity contribution >= 4 is 5.69 Å². The van der Waals surface area contributed by atoms with Crippen LogP contribution in [0, 0.1) is 0 Å². The minimum absolute atomic E-state index is 0.210. The van der Waals surface area contributed by atoms with Gasteiger partial charge >= 0.3 is 0 Å². The molecule has 0 fully saturated rings. The van der Waals surface area contributed by atoms with E-state index in [1.165, 1.54) is 12.8 Å². The zero-order valence-electron chi connectivity index (χ0n) is 8.74. The predicted molar refractivity (Wildman–Crippen MR) is 59.9 cm³/mol. The third kappa shape index (κ3) is 3.34. The predicted octanol–water partition coefficient (Wildman–Crippen LogP) is 1.72. The summed E-state index contributed by atoms with van der Waals surface area (Å²) in [5, 5.41) is 0. The maximum absolute atomic E-state index is 5.98. The van der Waals surface area contributed by atoms with E-state index in [1.807, 2.05) is 6.07 Å². The average molecular weight is 193 g/mol. The molecule has 3 heteroatoms. The number of unbranched alkanes of at least 4 members (excludes halogenated alkanes) is 1. The third-order valence-electron chi connectivity index (χ3n) is 2.35. The van der Waals surface area contributed by atoms with Gasteiger partial charge in [-0.1, -0.05) is 19.8 Å². The Morgan fingerprint density at radius 3 is 2.93 bits per heavy atom. The van der Waals surface area contributed by atoms with Crippen LogP contribution in [0.2, 0.25) is 0 Å². The van der Waals surface area contributed by atoms with Crippen LogP contribution in [-0.4, -0.2) is 11.0 Å². The van der Waals surface area contributed by atoms with E-state index in [4.69, 9.17) is 11.5 Å². The van der Waals surface area contributed by atoms with Crippen molar-refractivity contribution in [3.63, 3.8) is 0 Å². The van der Waals surface area contributed by atoms with Gasteiger partial charge in [0.15, 0.2) is 0 Å². The number of pyridine rings is 1. The highest BCUT2D eigenvalue weighted by atomic mass is 14.7. The van der Waals surface area contributed by atoms with Crippen LogP contribution in [0.4, 0.5) is 5.69 Å². The van der Waals surface area contributed by atoms with Crippen LogP contribution in [-0.2, 0) is 6.42 Å². The van der Waals surface area contributed by atoms with E-state index in [0.29, 0.717) is 0 Å². The summed E-state index contributed by atoms with van der Waals surface area (Å²) < 4.78 is 0. The van der Waals surface area contributed by atoms with Crippen molar-refractivity contribution < 1.29 is 0 Å². The van der Waals surface area contributed by atoms with Gasteiger partial charge in [-0.25, -0.2) is 0 Å². The van der Waals surface area contributed by atoms with Crippen molar-refractivity contribution in [3.05, 3.63) is 24.0 Å². The van der Waals surface area contributed by atoms with E-state index >= 15 is 0 Å². The first-order chi connectivity index (χ1) is 6.74. The van der Waals surface area contributed by atoms with E-state index in [0.717, 1.165) is 24.1 Å². The fourth-order valence-corrected chi connectivity index (χ4v) is 1.46. The number of nitrogens with zero attached hydrogens (tertiary/aromatic N) is 1. The van der Waals surface area contributed by atoms with E-state index in [9.17, 15) is 0 Å². The Balaban J connectivity index is 2.47. The molecule has 0 saturated carbocycles. The lowest BCUT2D eigenvalue weighted by Gasteiger charge is -2.11. The Labute approximate surface area is 85.5 Å². The maximum atomic E-state index is 5.98. The molecule has 3 nitrogen and oxygen atoms in total. The molecule has 0 amide bonds. The monoisotopic (exact) mass is 193 g/mol. The first kappa shape index (κ1) is 11.0. The zero-order chi connectivity index (χ0) is 10.4. The van der Waals surface area contributed by atoms with Gasteiger partial charge in [0, 0.05) is 24.1 Å². The summed E-state index contributed by atoms with van der Waals surface area (Å²) in [6.07, 6.45) is 7.78. The molecule has 0 aromatic carbocycles. The average Bonchev–Trinajstić information content (AvgIpc) is 2.18. The lowest BCUT2D eigenvalue weighted by atomic mass is 10.0. The zero-order valence-corrected chi connectivity index (χ0v) is 8.74. The Morgan fingerprint density at radius 1 is 1.50 bits per heavy atom. The molecule has 0 bridgehead atoms. The third-order valence-corrected chi connectivity index (χ3v) is 2.35. The summed E-state index contributed by atoms with van der Waals surface area (Å²) >= 11 is 0. The summed E-state index contributed by atoms with van der Waals surface area (Å²) in [5.41, 5.74) is 13.6. The van der Waals surface area contributed by atoms with Gasteiger partial charge in [-0.05, 0) is 24.5 Å². The Hall–Kier alpha value is -1.09. The molecule has 0 aliphatic heterocycles. The van der Waals surface area contributed by atoms with Gasteiger partial charge in [-0.15, -0.1) is 0 Å². The fraction of sp³-hybridized carbons (Fsp3) is 0.545. The van der Waals surface area contributed by atoms with Gasteiger partial charge in [0.05, 0.1) is 0 Å². The SMILES string of the molecule is CCCCC(N)Cc1cnccc1N. The summed E-state index contributed by atoms with van der Waals surface area (Å²) in [6, 6.07) is 2.03.